The zero-order chi connectivity index (χ0) is 15.1. The van der Waals surface area contributed by atoms with E-state index >= 15 is 0 Å². The SMILES string of the molecule is Cc1nc2c(o1)CCc1ccccc1[C@H]2[NH+]1CC[NH+](C)CC1. The van der Waals surface area contributed by atoms with Crippen LogP contribution in [0.15, 0.2) is 28.7 Å². The smallest absolute Gasteiger partial charge is 0.191 e. The minimum atomic E-state index is 0.347. The van der Waals surface area contributed by atoms with Crippen LogP contribution < -0.4 is 9.80 Å². The minimum Gasteiger partial charge on any atom is -0.445 e. The van der Waals surface area contributed by atoms with Crippen LogP contribution in [0.4, 0.5) is 0 Å². The van der Waals surface area contributed by atoms with Crippen LogP contribution in [0.3, 0.4) is 0 Å². The fourth-order valence-electron chi connectivity index (χ4n) is 4.03. The number of benzene rings is 1. The van der Waals surface area contributed by atoms with Crippen molar-refractivity contribution in [2.75, 3.05) is 33.2 Å². The van der Waals surface area contributed by atoms with Gasteiger partial charge in [-0.1, -0.05) is 24.3 Å². The quantitative estimate of drug-likeness (QED) is 0.750. The molecule has 1 aliphatic carbocycles. The molecule has 2 N–H and O–H groups in total. The summed E-state index contributed by atoms with van der Waals surface area (Å²) in [5.74, 6) is 1.92. The average molecular weight is 299 g/mol. The van der Waals surface area contributed by atoms with Crippen LogP contribution in [-0.2, 0) is 12.8 Å². The molecule has 4 nitrogen and oxygen atoms in total. The first-order chi connectivity index (χ1) is 10.7. The highest BCUT2D eigenvalue weighted by Crippen LogP contribution is 2.30. The van der Waals surface area contributed by atoms with Crippen molar-refractivity contribution in [1.29, 1.82) is 0 Å². The second-order valence-corrected chi connectivity index (χ2v) is 6.79. The Labute approximate surface area is 131 Å². The van der Waals surface area contributed by atoms with E-state index in [1.54, 1.807) is 9.80 Å². The number of aromatic nitrogens is 1. The van der Waals surface area contributed by atoms with E-state index in [1.165, 1.54) is 43.0 Å². The van der Waals surface area contributed by atoms with Gasteiger partial charge in [0.15, 0.2) is 11.9 Å². The molecule has 1 fully saturated rings. The highest BCUT2D eigenvalue weighted by atomic mass is 16.4. The number of nitrogens with one attached hydrogen (secondary N) is 2. The fraction of sp³-hybridized carbons (Fsp3) is 0.500. The maximum Gasteiger partial charge on any atom is 0.191 e. The maximum absolute atomic E-state index is 5.93. The second kappa shape index (κ2) is 5.52. The molecule has 0 amide bonds. The van der Waals surface area contributed by atoms with Crippen molar-refractivity contribution in [2.45, 2.75) is 25.8 Å². The van der Waals surface area contributed by atoms with Crippen LogP contribution in [0.2, 0.25) is 0 Å². The Hall–Kier alpha value is -1.65. The molecule has 22 heavy (non-hydrogen) atoms. The van der Waals surface area contributed by atoms with Gasteiger partial charge >= 0.3 is 0 Å². The van der Waals surface area contributed by atoms with E-state index in [9.17, 15) is 0 Å². The number of nitrogens with zero attached hydrogens (tertiary/aromatic N) is 1. The van der Waals surface area contributed by atoms with Crippen LogP contribution >= 0.6 is 0 Å². The van der Waals surface area contributed by atoms with Crippen molar-refractivity contribution in [3.8, 4) is 0 Å². The van der Waals surface area contributed by atoms with Crippen molar-refractivity contribution in [3.63, 3.8) is 0 Å². The largest absolute Gasteiger partial charge is 0.445 e. The number of fused-ring (bicyclic) bond motifs is 2. The second-order valence-electron chi connectivity index (χ2n) is 6.79. The van der Waals surface area contributed by atoms with Gasteiger partial charge in [0, 0.05) is 18.9 Å². The Morgan fingerprint density at radius 1 is 1.09 bits per heavy atom. The highest BCUT2D eigenvalue weighted by molar-refractivity contribution is 5.37. The molecule has 116 valence electrons. The zero-order valence-electron chi connectivity index (χ0n) is 13.5. The summed E-state index contributed by atoms with van der Waals surface area (Å²) in [4.78, 5) is 8.08. The third kappa shape index (κ3) is 2.36. The molecule has 2 heterocycles. The van der Waals surface area contributed by atoms with Gasteiger partial charge in [-0.15, -0.1) is 0 Å². The lowest BCUT2D eigenvalue weighted by Crippen LogP contribution is -3.27. The molecule has 1 aromatic carbocycles. The van der Waals surface area contributed by atoms with Crippen molar-refractivity contribution in [1.82, 2.24) is 4.98 Å². The average Bonchev–Trinajstić information content (AvgIpc) is 2.82. The Morgan fingerprint density at radius 3 is 2.68 bits per heavy atom. The van der Waals surface area contributed by atoms with Crippen molar-refractivity contribution < 1.29 is 14.2 Å². The molecule has 0 saturated carbocycles. The Kier molecular flexibility index (Phi) is 3.51. The minimum absolute atomic E-state index is 0.347. The van der Waals surface area contributed by atoms with Gasteiger partial charge < -0.3 is 14.2 Å². The number of aryl methyl sites for hydroxylation is 3. The molecule has 1 atom stereocenters. The molecule has 1 aromatic heterocycles. The summed E-state index contributed by atoms with van der Waals surface area (Å²) in [5, 5.41) is 0. The maximum atomic E-state index is 5.93. The predicted molar refractivity (Wildman–Crippen MR) is 84.3 cm³/mol. The first-order valence-electron chi connectivity index (χ1n) is 8.42. The number of hydrogen-bond acceptors (Lipinski definition) is 2. The van der Waals surface area contributed by atoms with Crippen LogP contribution in [0.1, 0.15) is 34.5 Å². The highest BCUT2D eigenvalue weighted by Gasteiger charge is 2.37. The normalized spacial score (nSPS) is 27.8. The monoisotopic (exact) mass is 299 g/mol. The molecule has 4 rings (SSSR count). The molecular weight excluding hydrogens is 274 g/mol. The molecule has 0 bridgehead atoms. The lowest BCUT2D eigenvalue weighted by molar-refractivity contribution is -1.02. The molecule has 1 saturated heterocycles. The predicted octanol–water partition coefficient (Wildman–Crippen LogP) is -0.416. The van der Waals surface area contributed by atoms with E-state index in [1.807, 2.05) is 6.92 Å². The third-order valence-electron chi connectivity index (χ3n) is 5.25. The van der Waals surface area contributed by atoms with E-state index in [0.717, 1.165) is 24.5 Å². The first kappa shape index (κ1) is 14.0. The van der Waals surface area contributed by atoms with E-state index in [2.05, 4.69) is 31.3 Å². The molecule has 1 aliphatic heterocycles. The standard InChI is InChI=1S/C18H23N3O/c1-13-19-17-16(22-13)8-7-14-5-3-4-6-15(14)18(17)21-11-9-20(2)10-12-21/h3-6,18H,7-12H2,1-2H3/p+2/t18-/m1/s1. The van der Waals surface area contributed by atoms with E-state index < -0.39 is 0 Å². The molecule has 0 unspecified atom stereocenters. The summed E-state index contributed by atoms with van der Waals surface area (Å²) in [7, 11) is 2.30. The Balaban J connectivity index is 1.80. The van der Waals surface area contributed by atoms with Crippen LogP contribution in [0.5, 0.6) is 0 Å². The molecule has 2 aromatic rings. The van der Waals surface area contributed by atoms with Crippen molar-refractivity contribution in [3.05, 3.63) is 52.7 Å². The van der Waals surface area contributed by atoms with Crippen LogP contribution in [0.25, 0.3) is 0 Å². The van der Waals surface area contributed by atoms with Gasteiger partial charge in [0.1, 0.15) is 37.6 Å². The van der Waals surface area contributed by atoms with E-state index in [0.29, 0.717) is 6.04 Å². The Bertz CT molecular complexity index is 671. The molecule has 0 spiro atoms. The summed E-state index contributed by atoms with van der Waals surface area (Å²) in [6, 6.07) is 9.26. The topological polar surface area (TPSA) is 34.9 Å². The lowest BCUT2D eigenvalue weighted by atomic mass is 9.97. The van der Waals surface area contributed by atoms with Gasteiger partial charge in [-0.05, 0) is 12.0 Å². The van der Waals surface area contributed by atoms with E-state index in [-0.39, 0.29) is 0 Å². The summed E-state index contributed by atoms with van der Waals surface area (Å²) in [5.41, 5.74) is 4.12. The van der Waals surface area contributed by atoms with Gasteiger partial charge in [-0.3, -0.25) is 0 Å². The fourth-order valence-corrected chi connectivity index (χ4v) is 4.03. The summed E-state index contributed by atoms with van der Waals surface area (Å²) >= 11 is 0. The lowest BCUT2D eigenvalue weighted by Gasteiger charge is -2.33. The van der Waals surface area contributed by atoms with Gasteiger partial charge in [-0.2, -0.15) is 0 Å². The molecule has 0 radical (unpaired) electrons. The Morgan fingerprint density at radius 2 is 1.86 bits per heavy atom. The molecular formula is C18H25N3O+2. The number of quaternary nitrogens is 2. The number of oxazole rings is 1. The first-order valence-corrected chi connectivity index (χ1v) is 8.42. The van der Waals surface area contributed by atoms with Crippen molar-refractivity contribution >= 4 is 0 Å². The summed E-state index contributed by atoms with van der Waals surface area (Å²) in [6.45, 7) is 6.85. The summed E-state index contributed by atoms with van der Waals surface area (Å²) < 4.78 is 5.93. The van der Waals surface area contributed by atoms with Gasteiger partial charge in [0.25, 0.3) is 0 Å². The van der Waals surface area contributed by atoms with Crippen LogP contribution in [0, 0.1) is 6.92 Å². The van der Waals surface area contributed by atoms with Gasteiger partial charge in [0.05, 0.1) is 7.05 Å². The zero-order valence-corrected chi connectivity index (χ0v) is 13.5. The summed E-state index contributed by atoms with van der Waals surface area (Å²) in [6.07, 6.45) is 2.04. The third-order valence-corrected chi connectivity index (χ3v) is 5.25. The molecule has 4 heteroatoms. The number of hydrogen-bond donors (Lipinski definition) is 2. The van der Waals surface area contributed by atoms with E-state index in [4.69, 9.17) is 9.40 Å². The van der Waals surface area contributed by atoms with Gasteiger partial charge in [-0.25, -0.2) is 4.98 Å². The number of rotatable bonds is 1. The van der Waals surface area contributed by atoms with Gasteiger partial charge in [0.2, 0.25) is 0 Å². The van der Waals surface area contributed by atoms with Crippen molar-refractivity contribution in [2.24, 2.45) is 0 Å². The van der Waals surface area contributed by atoms with Crippen LogP contribution in [-0.4, -0.2) is 38.2 Å². The molecule has 2 aliphatic rings. The number of likely N-dealkylation sites (N-methyl/N-ethyl adjacent to an activating group) is 1. The number of piperazine rings is 1.